The lowest BCUT2D eigenvalue weighted by Crippen LogP contribution is -2.48. The number of ether oxygens (including phenoxy) is 2. The van der Waals surface area contributed by atoms with Crippen molar-refractivity contribution in [3.63, 3.8) is 0 Å². The Morgan fingerprint density at radius 1 is 1.44 bits per heavy atom. The van der Waals surface area contributed by atoms with Crippen LogP contribution in [0.1, 0.15) is 46.5 Å². The zero-order valence-corrected chi connectivity index (χ0v) is 10.5. The van der Waals surface area contributed by atoms with Crippen molar-refractivity contribution in [2.45, 2.75) is 58.1 Å². The molecule has 0 aromatic heterocycles. The fraction of sp³-hybridized carbons (Fsp3) is 0.917. The first-order valence-corrected chi connectivity index (χ1v) is 6.23. The van der Waals surface area contributed by atoms with Crippen molar-refractivity contribution in [1.29, 1.82) is 0 Å². The molecule has 0 bridgehead atoms. The first-order chi connectivity index (χ1) is 7.65. The first kappa shape index (κ1) is 13.3. The molecule has 1 aliphatic heterocycles. The molecule has 4 heteroatoms. The number of carbonyl (C=O) groups excluding carboxylic acids is 1. The summed E-state index contributed by atoms with van der Waals surface area (Å²) >= 11 is 0. The molecule has 1 fully saturated rings. The highest BCUT2D eigenvalue weighted by Gasteiger charge is 2.35. The Kier molecular flexibility index (Phi) is 5.06. The Labute approximate surface area is 97.7 Å². The lowest BCUT2D eigenvalue weighted by Gasteiger charge is -2.40. The molecule has 1 amide bonds. The van der Waals surface area contributed by atoms with Gasteiger partial charge in [-0.25, -0.2) is 4.79 Å². The van der Waals surface area contributed by atoms with Crippen molar-refractivity contribution < 1.29 is 14.3 Å². The average Bonchev–Trinajstić information content (AvgIpc) is 2.29. The second-order valence-electron chi connectivity index (χ2n) is 4.29. The Hall–Kier alpha value is -0.770. The standard InChI is InChI=1S/C12H23NO3/c1-4-12(5-2)9-10(7-8-16-12)13-11(14)15-6-3/h10H,4-9H2,1-3H3,(H,13,14). The summed E-state index contributed by atoms with van der Waals surface area (Å²) < 4.78 is 10.7. The van der Waals surface area contributed by atoms with Crippen LogP contribution >= 0.6 is 0 Å². The number of amides is 1. The molecule has 1 unspecified atom stereocenters. The van der Waals surface area contributed by atoms with Crippen LogP contribution in [0, 0.1) is 0 Å². The molecule has 16 heavy (non-hydrogen) atoms. The zero-order chi connectivity index (χ0) is 12.0. The van der Waals surface area contributed by atoms with E-state index >= 15 is 0 Å². The quantitative estimate of drug-likeness (QED) is 0.805. The minimum absolute atomic E-state index is 0.0532. The molecule has 1 rings (SSSR count). The van der Waals surface area contributed by atoms with Gasteiger partial charge in [-0.2, -0.15) is 0 Å². The van der Waals surface area contributed by atoms with E-state index < -0.39 is 0 Å². The molecule has 0 aromatic carbocycles. The van der Waals surface area contributed by atoms with Crippen molar-refractivity contribution in [1.82, 2.24) is 5.32 Å². The van der Waals surface area contributed by atoms with E-state index in [0.29, 0.717) is 6.61 Å². The van der Waals surface area contributed by atoms with E-state index in [4.69, 9.17) is 9.47 Å². The predicted octanol–water partition coefficient (Wildman–Crippen LogP) is 2.47. The van der Waals surface area contributed by atoms with E-state index in [-0.39, 0.29) is 17.7 Å². The van der Waals surface area contributed by atoms with Crippen LogP contribution in [-0.2, 0) is 9.47 Å². The molecular weight excluding hydrogens is 206 g/mol. The molecule has 4 nitrogen and oxygen atoms in total. The van der Waals surface area contributed by atoms with E-state index in [0.717, 1.165) is 32.3 Å². The van der Waals surface area contributed by atoms with Crippen molar-refractivity contribution in [2.75, 3.05) is 13.2 Å². The highest BCUT2D eigenvalue weighted by molar-refractivity contribution is 5.67. The van der Waals surface area contributed by atoms with E-state index in [1.807, 2.05) is 6.92 Å². The maximum atomic E-state index is 11.3. The Morgan fingerprint density at radius 2 is 2.12 bits per heavy atom. The predicted molar refractivity (Wildman–Crippen MR) is 62.4 cm³/mol. The molecular formula is C12H23NO3. The Balaban J connectivity index is 2.47. The van der Waals surface area contributed by atoms with Crippen LogP contribution in [0.4, 0.5) is 4.79 Å². The van der Waals surface area contributed by atoms with Gasteiger partial charge in [0.05, 0.1) is 12.2 Å². The lowest BCUT2D eigenvalue weighted by molar-refractivity contribution is -0.0922. The molecule has 1 atom stereocenters. The number of hydrogen-bond donors (Lipinski definition) is 1. The first-order valence-electron chi connectivity index (χ1n) is 6.23. The summed E-state index contributed by atoms with van der Waals surface area (Å²) in [5.74, 6) is 0. The number of hydrogen-bond acceptors (Lipinski definition) is 3. The van der Waals surface area contributed by atoms with Gasteiger partial charge < -0.3 is 14.8 Å². The van der Waals surface area contributed by atoms with Crippen molar-refractivity contribution in [2.24, 2.45) is 0 Å². The van der Waals surface area contributed by atoms with Crippen molar-refractivity contribution in [3.8, 4) is 0 Å². The number of carbonyl (C=O) groups is 1. The summed E-state index contributed by atoms with van der Waals surface area (Å²) in [6.07, 6.45) is 3.43. The van der Waals surface area contributed by atoms with Crippen LogP contribution in [0.5, 0.6) is 0 Å². The van der Waals surface area contributed by atoms with Crippen LogP contribution in [-0.4, -0.2) is 30.9 Å². The van der Waals surface area contributed by atoms with Gasteiger partial charge in [-0.3, -0.25) is 0 Å². The van der Waals surface area contributed by atoms with Gasteiger partial charge in [0.1, 0.15) is 0 Å². The van der Waals surface area contributed by atoms with E-state index in [1.54, 1.807) is 0 Å². The maximum absolute atomic E-state index is 11.3. The fourth-order valence-corrected chi connectivity index (χ4v) is 2.23. The highest BCUT2D eigenvalue weighted by atomic mass is 16.5. The van der Waals surface area contributed by atoms with Gasteiger partial charge in [0, 0.05) is 12.6 Å². The van der Waals surface area contributed by atoms with Gasteiger partial charge in [-0.15, -0.1) is 0 Å². The van der Waals surface area contributed by atoms with Crippen LogP contribution in [0.2, 0.25) is 0 Å². The van der Waals surface area contributed by atoms with Crippen LogP contribution in [0.3, 0.4) is 0 Å². The number of nitrogens with one attached hydrogen (secondary N) is 1. The van der Waals surface area contributed by atoms with E-state index in [9.17, 15) is 4.79 Å². The summed E-state index contributed by atoms with van der Waals surface area (Å²) in [7, 11) is 0. The SMILES string of the molecule is CCOC(=O)NC1CCOC(CC)(CC)C1. The summed E-state index contributed by atoms with van der Waals surface area (Å²) in [6, 6.07) is 0.188. The third-order valence-corrected chi connectivity index (χ3v) is 3.38. The lowest BCUT2D eigenvalue weighted by atomic mass is 9.86. The van der Waals surface area contributed by atoms with Gasteiger partial charge in [0.25, 0.3) is 0 Å². The molecule has 1 N–H and O–H groups in total. The van der Waals surface area contributed by atoms with E-state index in [2.05, 4.69) is 19.2 Å². The zero-order valence-electron chi connectivity index (χ0n) is 10.5. The normalized spacial score (nSPS) is 23.8. The Bertz CT molecular complexity index is 226. The molecule has 0 radical (unpaired) electrons. The van der Waals surface area contributed by atoms with Crippen LogP contribution in [0.15, 0.2) is 0 Å². The number of alkyl carbamates (subject to hydrolysis) is 1. The molecule has 1 heterocycles. The van der Waals surface area contributed by atoms with Gasteiger partial charge >= 0.3 is 6.09 Å². The molecule has 0 saturated carbocycles. The molecule has 1 aliphatic rings. The molecule has 1 saturated heterocycles. The largest absolute Gasteiger partial charge is 0.450 e. The fourth-order valence-electron chi connectivity index (χ4n) is 2.23. The molecule has 0 aromatic rings. The van der Waals surface area contributed by atoms with Crippen LogP contribution < -0.4 is 5.32 Å². The monoisotopic (exact) mass is 229 g/mol. The van der Waals surface area contributed by atoms with Crippen molar-refractivity contribution in [3.05, 3.63) is 0 Å². The second kappa shape index (κ2) is 6.09. The molecule has 94 valence electrons. The minimum Gasteiger partial charge on any atom is -0.450 e. The van der Waals surface area contributed by atoms with Gasteiger partial charge in [-0.05, 0) is 32.6 Å². The Morgan fingerprint density at radius 3 is 2.69 bits per heavy atom. The summed E-state index contributed by atoms with van der Waals surface area (Å²) in [6.45, 7) is 7.22. The summed E-state index contributed by atoms with van der Waals surface area (Å²) in [4.78, 5) is 11.3. The van der Waals surface area contributed by atoms with Crippen molar-refractivity contribution >= 4 is 6.09 Å². The minimum atomic E-state index is -0.310. The van der Waals surface area contributed by atoms with Gasteiger partial charge in [-0.1, -0.05) is 13.8 Å². The third kappa shape index (κ3) is 3.37. The third-order valence-electron chi connectivity index (χ3n) is 3.38. The summed E-state index contributed by atoms with van der Waals surface area (Å²) in [5, 5.41) is 2.90. The van der Waals surface area contributed by atoms with Gasteiger partial charge in [0.2, 0.25) is 0 Å². The smallest absolute Gasteiger partial charge is 0.407 e. The summed E-state index contributed by atoms with van der Waals surface area (Å²) in [5.41, 5.74) is -0.0532. The molecule has 0 aliphatic carbocycles. The van der Waals surface area contributed by atoms with E-state index in [1.165, 1.54) is 0 Å². The van der Waals surface area contributed by atoms with Crippen LogP contribution in [0.25, 0.3) is 0 Å². The maximum Gasteiger partial charge on any atom is 0.407 e. The molecule has 0 spiro atoms. The second-order valence-corrected chi connectivity index (χ2v) is 4.29. The average molecular weight is 229 g/mol. The number of rotatable bonds is 4. The van der Waals surface area contributed by atoms with Gasteiger partial charge in [0.15, 0.2) is 0 Å². The topological polar surface area (TPSA) is 47.6 Å². The highest BCUT2D eigenvalue weighted by Crippen LogP contribution is 2.31.